The fourth-order valence-corrected chi connectivity index (χ4v) is 5.67. The van der Waals surface area contributed by atoms with Crippen LogP contribution in [-0.4, -0.2) is 37.1 Å². The lowest BCUT2D eigenvalue weighted by atomic mass is 9.61. The van der Waals surface area contributed by atoms with E-state index in [9.17, 15) is 5.11 Å². The van der Waals surface area contributed by atoms with Gasteiger partial charge in [0.05, 0.1) is 17.8 Å². The summed E-state index contributed by atoms with van der Waals surface area (Å²) in [4.78, 5) is 0. The number of methoxy groups -OCH3 is 2. The Morgan fingerprint density at radius 2 is 1.83 bits per heavy atom. The first-order valence-electron chi connectivity index (χ1n) is 9.93. The number of ether oxygens (including phenoxy) is 2. The van der Waals surface area contributed by atoms with Gasteiger partial charge < -0.3 is 14.6 Å². The smallest absolute Gasteiger partial charge is 0.0649 e. The Bertz CT molecular complexity index is 408. The molecule has 0 aromatic rings. The Labute approximate surface area is 149 Å². The Hall–Kier alpha value is -0.120. The van der Waals surface area contributed by atoms with Gasteiger partial charge in [-0.3, -0.25) is 0 Å². The maximum atomic E-state index is 10.5. The van der Waals surface area contributed by atoms with Crippen molar-refractivity contribution in [2.24, 2.45) is 29.1 Å². The minimum absolute atomic E-state index is 0.0895. The Balaban J connectivity index is 2.10. The number of aliphatic hydroxyl groups is 1. The van der Waals surface area contributed by atoms with Gasteiger partial charge in [0.2, 0.25) is 0 Å². The standard InChI is InChI=1S/C21H40O3/c1-14(20(3,4)24-7)13-19(23-6)15(2)16-10-11-17-18(22)9-8-12-21(16,17)5/h14-19,22H,8-13H2,1-7H3/t14-,15+,16-,17+,18+,19?,21-/m1/s1. The maximum absolute atomic E-state index is 10.5. The molecule has 2 rings (SSSR count). The van der Waals surface area contributed by atoms with Crippen molar-refractivity contribution in [3.05, 3.63) is 0 Å². The van der Waals surface area contributed by atoms with E-state index in [1.54, 1.807) is 7.11 Å². The van der Waals surface area contributed by atoms with Crippen LogP contribution in [-0.2, 0) is 9.47 Å². The first-order valence-corrected chi connectivity index (χ1v) is 9.93. The lowest BCUT2D eigenvalue weighted by molar-refractivity contribution is -0.0751. The van der Waals surface area contributed by atoms with E-state index >= 15 is 0 Å². The predicted molar refractivity (Wildman–Crippen MR) is 99.0 cm³/mol. The van der Waals surface area contributed by atoms with Gasteiger partial charge in [0.1, 0.15) is 0 Å². The zero-order chi connectivity index (χ0) is 18.1. The average molecular weight is 341 g/mol. The molecule has 2 aliphatic rings. The molecule has 2 fully saturated rings. The Morgan fingerprint density at radius 1 is 1.17 bits per heavy atom. The van der Waals surface area contributed by atoms with Crippen LogP contribution in [0.5, 0.6) is 0 Å². The topological polar surface area (TPSA) is 38.7 Å². The number of aliphatic hydroxyl groups excluding tert-OH is 1. The van der Waals surface area contributed by atoms with Crippen molar-refractivity contribution < 1.29 is 14.6 Å². The minimum Gasteiger partial charge on any atom is -0.393 e. The van der Waals surface area contributed by atoms with E-state index < -0.39 is 0 Å². The number of fused-ring (bicyclic) bond motifs is 1. The van der Waals surface area contributed by atoms with Gasteiger partial charge in [-0.15, -0.1) is 0 Å². The third-order valence-electron chi connectivity index (χ3n) is 7.99. The quantitative estimate of drug-likeness (QED) is 0.732. The number of rotatable bonds is 7. The largest absolute Gasteiger partial charge is 0.393 e. The van der Waals surface area contributed by atoms with Crippen molar-refractivity contribution in [3.8, 4) is 0 Å². The van der Waals surface area contributed by atoms with Crippen LogP contribution in [0, 0.1) is 29.1 Å². The van der Waals surface area contributed by atoms with Crippen molar-refractivity contribution in [1.29, 1.82) is 0 Å². The van der Waals surface area contributed by atoms with Crippen LogP contribution < -0.4 is 0 Å². The molecule has 0 aromatic carbocycles. The van der Waals surface area contributed by atoms with Crippen molar-refractivity contribution in [1.82, 2.24) is 0 Å². The van der Waals surface area contributed by atoms with Gasteiger partial charge in [-0.25, -0.2) is 0 Å². The van der Waals surface area contributed by atoms with Gasteiger partial charge >= 0.3 is 0 Å². The SMILES string of the molecule is COC(C[C@@H](C)C(C)(C)OC)[C@@H](C)[C@H]1CC[C@H]2[C@@H](O)CCC[C@]12C. The fourth-order valence-electron chi connectivity index (χ4n) is 5.67. The summed E-state index contributed by atoms with van der Waals surface area (Å²) in [6.45, 7) is 11.4. The molecule has 7 atom stereocenters. The predicted octanol–water partition coefficient (Wildman–Crippen LogP) is 4.67. The normalized spacial score (nSPS) is 37.8. The van der Waals surface area contributed by atoms with Gasteiger partial charge in [0.25, 0.3) is 0 Å². The molecule has 24 heavy (non-hydrogen) atoms. The second-order valence-corrected chi connectivity index (χ2v) is 9.33. The molecule has 1 N–H and O–H groups in total. The molecule has 1 unspecified atom stereocenters. The molecule has 0 saturated heterocycles. The third-order valence-corrected chi connectivity index (χ3v) is 7.99. The highest BCUT2D eigenvalue weighted by Gasteiger charge is 2.53. The molecular weight excluding hydrogens is 300 g/mol. The zero-order valence-corrected chi connectivity index (χ0v) is 17.0. The average Bonchev–Trinajstić information content (AvgIpc) is 2.90. The van der Waals surface area contributed by atoms with Gasteiger partial charge in [0.15, 0.2) is 0 Å². The van der Waals surface area contributed by atoms with E-state index in [0.717, 1.165) is 12.8 Å². The van der Waals surface area contributed by atoms with Crippen LogP contribution in [0.25, 0.3) is 0 Å². The van der Waals surface area contributed by atoms with Crippen LogP contribution >= 0.6 is 0 Å². The molecule has 3 heteroatoms. The first-order chi connectivity index (χ1) is 11.2. The number of hydrogen-bond acceptors (Lipinski definition) is 3. The molecule has 2 saturated carbocycles. The summed E-state index contributed by atoms with van der Waals surface area (Å²) in [6, 6.07) is 0. The van der Waals surface area contributed by atoms with Crippen LogP contribution in [0.4, 0.5) is 0 Å². The highest BCUT2D eigenvalue weighted by molar-refractivity contribution is 5.02. The molecule has 0 radical (unpaired) electrons. The molecule has 0 aromatic heterocycles. The van der Waals surface area contributed by atoms with Crippen LogP contribution in [0.15, 0.2) is 0 Å². The monoisotopic (exact) mass is 340 g/mol. The summed E-state index contributed by atoms with van der Waals surface area (Å²) in [5, 5.41) is 10.5. The summed E-state index contributed by atoms with van der Waals surface area (Å²) in [5.74, 6) is 2.10. The molecule has 0 spiro atoms. The maximum Gasteiger partial charge on any atom is 0.0649 e. The van der Waals surface area contributed by atoms with Crippen molar-refractivity contribution in [3.63, 3.8) is 0 Å². The summed E-state index contributed by atoms with van der Waals surface area (Å²) in [6.07, 6.45) is 7.04. The highest BCUT2D eigenvalue weighted by Crippen LogP contribution is 2.58. The molecule has 0 heterocycles. The zero-order valence-electron chi connectivity index (χ0n) is 17.0. The highest BCUT2D eigenvalue weighted by atomic mass is 16.5. The van der Waals surface area contributed by atoms with Crippen molar-refractivity contribution >= 4 is 0 Å². The minimum atomic E-state index is -0.125. The van der Waals surface area contributed by atoms with Gasteiger partial charge in [-0.1, -0.05) is 27.2 Å². The fraction of sp³-hybridized carbons (Fsp3) is 1.00. The van der Waals surface area contributed by atoms with E-state index in [4.69, 9.17) is 9.47 Å². The number of hydrogen-bond donors (Lipinski definition) is 1. The lowest BCUT2D eigenvalue weighted by Gasteiger charge is -2.46. The van der Waals surface area contributed by atoms with Gasteiger partial charge in [0, 0.05) is 14.2 Å². The molecule has 0 amide bonds. The molecule has 2 aliphatic carbocycles. The van der Waals surface area contributed by atoms with E-state index in [0.29, 0.717) is 23.7 Å². The summed E-state index contributed by atoms with van der Waals surface area (Å²) in [5.41, 5.74) is 0.160. The Morgan fingerprint density at radius 3 is 2.42 bits per heavy atom. The summed E-state index contributed by atoms with van der Waals surface area (Å²) >= 11 is 0. The lowest BCUT2D eigenvalue weighted by Crippen LogP contribution is -2.44. The summed E-state index contributed by atoms with van der Waals surface area (Å²) < 4.78 is 11.6. The van der Waals surface area contributed by atoms with Gasteiger partial charge in [-0.05, 0) is 75.0 Å². The van der Waals surface area contributed by atoms with Crippen molar-refractivity contribution in [2.45, 2.75) is 91.0 Å². The van der Waals surface area contributed by atoms with E-state index in [1.807, 2.05) is 7.11 Å². The second-order valence-electron chi connectivity index (χ2n) is 9.33. The van der Waals surface area contributed by atoms with E-state index in [-0.39, 0.29) is 23.2 Å². The molecule has 142 valence electrons. The molecule has 0 aliphatic heterocycles. The van der Waals surface area contributed by atoms with Crippen LogP contribution in [0.1, 0.15) is 73.1 Å². The van der Waals surface area contributed by atoms with Gasteiger partial charge in [-0.2, -0.15) is 0 Å². The molecule has 0 bridgehead atoms. The Kier molecular flexibility index (Phi) is 6.42. The first kappa shape index (κ1) is 20.2. The summed E-state index contributed by atoms with van der Waals surface area (Å²) in [7, 11) is 3.66. The molecular formula is C21H40O3. The van der Waals surface area contributed by atoms with E-state index in [1.165, 1.54) is 25.7 Å². The molecule has 3 nitrogen and oxygen atoms in total. The van der Waals surface area contributed by atoms with E-state index in [2.05, 4.69) is 34.6 Å². The van der Waals surface area contributed by atoms with Crippen LogP contribution in [0.2, 0.25) is 0 Å². The third kappa shape index (κ3) is 3.68. The van der Waals surface area contributed by atoms with Crippen molar-refractivity contribution in [2.75, 3.05) is 14.2 Å². The second kappa shape index (κ2) is 7.63. The van der Waals surface area contributed by atoms with Crippen LogP contribution in [0.3, 0.4) is 0 Å².